The normalized spacial score (nSPS) is 15.9. The first-order valence-electron chi connectivity index (χ1n) is 10.3. The van der Waals surface area contributed by atoms with Crippen LogP contribution in [-0.2, 0) is 22.6 Å². The van der Waals surface area contributed by atoms with E-state index in [1.54, 1.807) is 4.90 Å². The third-order valence-corrected chi connectivity index (χ3v) is 4.95. The summed E-state index contributed by atoms with van der Waals surface area (Å²) in [6, 6.07) is 14.9. The van der Waals surface area contributed by atoms with Crippen molar-refractivity contribution >= 4 is 17.5 Å². The zero-order chi connectivity index (χ0) is 21.0. The van der Waals surface area contributed by atoms with Crippen LogP contribution in [0, 0.1) is 5.92 Å². The van der Waals surface area contributed by atoms with Gasteiger partial charge in [-0.25, -0.2) is 0 Å². The second-order valence-electron chi connectivity index (χ2n) is 8.29. The summed E-state index contributed by atoms with van der Waals surface area (Å²) in [4.78, 5) is 27.7. The fraction of sp³-hybridized carbons (Fsp3) is 0.417. The van der Waals surface area contributed by atoms with Crippen molar-refractivity contribution in [3.05, 3.63) is 59.7 Å². The molecule has 2 aromatic carbocycles. The van der Waals surface area contributed by atoms with E-state index < -0.39 is 6.04 Å². The van der Waals surface area contributed by atoms with Gasteiger partial charge in [0, 0.05) is 25.1 Å². The molecule has 1 atom stereocenters. The molecule has 0 bridgehead atoms. The number of hydrogen-bond acceptors (Lipinski definition) is 3. The molecule has 0 fully saturated rings. The Labute approximate surface area is 173 Å². The maximum Gasteiger partial charge on any atom is 0.247 e. The van der Waals surface area contributed by atoms with E-state index in [0.29, 0.717) is 25.1 Å². The third kappa shape index (κ3) is 5.37. The van der Waals surface area contributed by atoms with Crippen molar-refractivity contribution in [2.24, 2.45) is 5.92 Å². The highest BCUT2D eigenvalue weighted by Gasteiger charge is 2.34. The van der Waals surface area contributed by atoms with E-state index in [9.17, 15) is 9.59 Å². The Morgan fingerprint density at radius 3 is 2.31 bits per heavy atom. The second-order valence-corrected chi connectivity index (χ2v) is 8.29. The summed E-state index contributed by atoms with van der Waals surface area (Å²) in [5.74, 6) is 0.875. The average Bonchev–Trinajstić information content (AvgIpc) is 2.67. The highest BCUT2D eigenvalue weighted by atomic mass is 16.5. The molecule has 0 spiro atoms. The molecule has 2 amide bonds. The molecule has 0 saturated carbocycles. The number of nitrogens with one attached hydrogen (secondary N) is 1. The van der Waals surface area contributed by atoms with Crippen LogP contribution in [0.5, 0.6) is 5.75 Å². The highest BCUT2D eigenvalue weighted by Crippen LogP contribution is 2.26. The number of carbonyl (C=O) groups excluding carboxylic acids is 2. The predicted octanol–water partition coefficient (Wildman–Crippen LogP) is 4.41. The predicted molar refractivity (Wildman–Crippen MR) is 115 cm³/mol. The van der Waals surface area contributed by atoms with Gasteiger partial charge in [-0.15, -0.1) is 0 Å². The van der Waals surface area contributed by atoms with E-state index in [4.69, 9.17) is 4.74 Å². The summed E-state index contributed by atoms with van der Waals surface area (Å²) < 4.78 is 5.65. The monoisotopic (exact) mass is 394 g/mol. The Bertz CT molecular complexity index is 859. The van der Waals surface area contributed by atoms with Gasteiger partial charge in [-0.2, -0.15) is 0 Å². The lowest BCUT2D eigenvalue weighted by molar-refractivity contribution is -0.140. The molecule has 0 saturated heterocycles. The largest absolute Gasteiger partial charge is 0.491 e. The molecule has 154 valence electrons. The smallest absolute Gasteiger partial charge is 0.247 e. The maximum atomic E-state index is 13.1. The molecule has 0 aromatic heterocycles. The molecular weight excluding hydrogens is 364 g/mol. The minimum Gasteiger partial charge on any atom is -0.491 e. The number of amides is 2. The number of benzene rings is 2. The van der Waals surface area contributed by atoms with Crippen molar-refractivity contribution in [2.45, 2.75) is 59.2 Å². The van der Waals surface area contributed by atoms with Crippen LogP contribution in [-0.4, -0.2) is 28.9 Å². The van der Waals surface area contributed by atoms with Crippen LogP contribution < -0.4 is 10.1 Å². The number of anilines is 1. The molecule has 1 aliphatic rings. The molecule has 0 aliphatic carbocycles. The summed E-state index contributed by atoms with van der Waals surface area (Å²) in [5, 5.41) is 2.97. The first-order valence-corrected chi connectivity index (χ1v) is 10.3. The number of hydrogen-bond donors (Lipinski definition) is 1. The molecular formula is C24H30N2O3. The zero-order valence-corrected chi connectivity index (χ0v) is 17.6. The zero-order valence-electron chi connectivity index (χ0n) is 17.6. The standard InChI is InChI=1S/C24H30N2O3/c1-16(2)13-23(27)26-15-19-8-6-5-7-18(19)14-22(26)24(28)25-20-9-11-21(12-10-20)29-17(3)4/h5-12,16-17,22H,13-15H2,1-4H3,(H,25,28). The van der Waals surface area contributed by atoms with E-state index in [1.165, 1.54) is 0 Å². The van der Waals surface area contributed by atoms with Gasteiger partial charge in [0.1, 0.15) is 11.8 Å². The van der Waals surface area contributed by atoms with Crippen LogP contribution in [0.25, 0.3) is 0 Å². The Morgan fingerprint density at radius 1 is 1.03 bits per heavy atom. The first-order chi connectivity index (χ1) is 13.8. The molecule has 29 heavy (non-hydrogen) atoms. The van der Waals surface area contributed by atoms with Crippen LogP contribution >= 0.6 is 0 Å². The topological polar surface area (TPSA) is 58.6 Å². The van der Waals surface area contributed by atoms with Crippen molar-refractivity contribution in [3.63, 3.8) is 0 Å². The van der Waals surface area contributed by atoms with Gasteiger partial charge in [0.05, 0.1) is 6.10 Å². The molecule has 3 rings (SSSR count). The van der Waals surface area contributed by atoms with Crippen molar-refractivity contribution in [1.29, 1.82) is 0 Å². The van der Waals surface area contributed by atoms with E-state index >= 15 is 0 Å². The van der Waals surface area contributed by atoms with Crippen molar-refractivity contribution < 1.29 is 14.3 Å². The van der Waals surface area contributed by atoms with Crippen LogP contribution in [0.15, 0.2) is 48.5 Å². The SMILES string of the molecule is CC(C)CC(=O)N1Cc2ccccc2CC1C(=O)Nc1ccc(OC(C)C)cc1. The van der Waals surface area contributed by atoms with Gasteiger partial charge in [-0.3, -0.25) is 9.59 Å². The molecule has 1 aliphatic heterocycles. The fourth-order valence-corrected chi connectivity index (χ4v) is 3.60. The Kier molecular flexibility index (Phi) is 6.57. The van der Waals surface area contributed by atoms with Crippen LogP contribution in [0.3, 0.4) is 0 Å². The van der Waals surface area contributed by atoms with Gasteiger partial charge >= 0.3 is 0 Å². The Balaban J connectivity index is 1.77. The van der Waals surface area contributed by atoms with Crippen molar-refractivity contribution in [3.8, 4) is 5.75 Å². The number of rotatable bonds is 6. The quantitative estimate of drug-likeness (QED) is 0.789. The van der Waals surface area contributed by atoms with Gasteiger partial charge in [0.25, 0.3) is 0 Å². The highest BCUT2D eigenvalue weighted by molar-refractivity contribution is 5.97. The van der Waals surface area contributed by atoms with Crippen LogP contribution in [0.1, 0.15) is 45.2 Å². The summed E-state index contributed by atoms with van der Waals surface area (Å²) in [5.41, 5.74) is 2.94. The van der Waals surface area contributed by atoms with Crippen LogP contribution in [0.4, 0.5) is 5.69 Å². The molecule has 1 N–H and O–H groups in total. The molecule has 1 unspecified atom stereocenters. The maximum absolute atomic E-state index is 13.1. The first kappa shape index (κ1) is 20.9. The van der Waals surface area contributed by atoms with E-state index in [0.717, 1.165) is 16.9 Å². The van der Waals surface area contributed by atoms with Crippen molar-refractivity contribution in [2.75, 3.05) is 5.32 Å². The van der Waals surface area contributed by atoms with Gasteiger partial charge in [-0.1, -0.05) is 38.1 Å². The second kappa shape index (κ2) is 9.12. The van der Waals surface area contributed by atoms with E-state index in [2.05, 4.69) is 5.32 Å². The van der Waals surface area contributed by atoms with Gasteiger partial charge in [-0.05, 0) is 55.2 Å². The minimum absolute atomic E-state index is 0.0235. The van der Waals surface area contributed by atoms with E-state index in [1.807, 2.05) is 76.2 Å². The van der Waals surface area contributed by atoms with Crippen LogP contribution in [0.2, 0.25) is 0 Å². The summed E-state index contributed by atoms with van der Waals surface area (Å²) in [6.07, 6.45) is 1.06. The Hall–Kier alpha value is -2.82. The van der Waals surface area contributed by atoms with Gasteiger partial charge in [0.15, 0.2) is 0 Å². The molecule has 1 heterocycles. The molecule has 5 heteroatoms. The summed E-state index contributed by atoms with van der Waals surface area (Å²) >= 11 is 0. The molecule has 2 aromatic rings. The lowest BCUT2D eigenvalue weighted by Gasteiger charge is -2.36. The summed E-state index contributed by atoms with van der Waals surface area (Å²) in [7, 11) is 0. The number of ether oxygens (including phenoxy) is 1. The molecule has 5 nitrogen and oxygen atoms in total. The molecule has 0 radical (unpaired) electrons. The van der Waals surface area contributed by atoms with Crippen molar-refractivity contribution in [1.82, 2.24) is 4.90 Å². The number of carbonyl (C=O) groups is 2. The number of nitrogens with zero attached hydrogens (tertiary/aromatic N) is 1. The van der Waals surface area contributed by atoms with Gasteiger partial charge in [0.2, 0.25) is 11.8 Å². The lowest BCUT2D eigenvalue weighted by atomic mass is 9.92. The average molecular weight is 395 g/mol. The van der Waals surface area contributed by atoms with E-state index in [-0.39, 0.29) is 23.8 Å². The summed E-state index contributed by atoms with van der Waals surface area (Å²) in [6.45, 7) is 8.46. The lowest BCUT2D eigenvalue weighted by Crippen LogP contribution is -2.50. The Morgan fingerprint density at radius 2 is 1.69 bits per heavy atom. The fourth-order valence-electron chi connectivity index (χ4n) is 3.60. The minimum atomic E-state index is -0.511. The third-order valence-electron chi connectivity index (χ3n) is 4.95. The van der Waals surface area contributed by atoms with Gasteiger partial charge < -0.3 is 15.0 Å². The number of fused-ring (bicyclic) bond motifs is 1.